The average molecular weight is 291 g/mol. The lowest BCUT2D eigenvalue weighted by atomic mass is 9.40. The third kappa shape index (κ3) is 1.82. The van der Waals surface area contributed by atoms with Gasteiger partial charge in [-0.15, -0.1) is 11.3 Å². The van der Waals surface area contributed by atoms with Crippen LogP contribution in [0.2, 0.25) is 0 Å². The molecule has 3 heteroatoms. The molecule has 3 atom stereocenters. The number of aliphatic hydroxyl groups is 1. The van der Waals surface area contributed by atoms with Gasteiger partial charge in [-0.25, -0.2) is 4.98 Å². The number of thiazole rings is 1. The highest BCUT2D eigenvalue weighted by molar-refractivity contribution is 7.11. The van der Waals surface area contributed by atoms with Crippen molar-refractivity contribution in [2.75, 3.05) is 0 Å². The zero-order chi connectivity index (χ0) is 14.2. The van der Waals surface area contributed by atoms with Gasteiger partial charge in [-0.1, -0.05) is 13.8 Å². The van der Waals surface area contributed by atoms with E-state index in [1.165, 1.54) is 43.5 Å². The minimum Gasteiger partial charge on any atom is -0.388 e. The fourth-order valence-electron chi connectivity index (χ4n) is 6.41. The molecule has 1 heterocycles. The first kappa shape index (κ1) is 13.3. The van der Waals surface area contributed by atoms with Crippen molar-refractivity contribution >= 4 is 11.3 Å². The van der Waals surface area contributed by atoms with E-state index in [9.17, 15) is 5.11 Å². The second-order valence-electron chi connectivity index (χ2n) is 8.65. The van der Waals surface area contributed by atoms with Crippen molar-refractivity contribution in [2.45, 2.75) is 70.8 Å². The van der Waals surface area contributed by atoms with Gasteiger partial charge in [0.1, 0.15) is 0 Å². The van der Waals surface area contributed by atoms with Gasteiger partial charge in [0.15, 0.2) is 0 Å². The van der Waals surface area contributed by atoms with Crippen molar-refractivity contribution in [1.82, 2.24) is 4.98 Å². The van der Waals surface area contributed by atoms with E-state index in [1.54, 1.807) is 11.3 Å². The molecular weight excluding hydrogens is 266 g/mol. The van der Waals surface area contributed by atoms with Gasteiger partial charge in [-0.2, -0.15) is 0 Å². The summed E-state index contributed by atoms with van der Waals surface area (Å²) in [6.45, 7) is 6.86. The molecule has 4 fully saturated rings. The average Bonchev–Trinajstić information content (AvgIpc) is 2.72. The molecule has 0 aliphatic heterocycles. The van der Waals surface area contributed by atoms with E-state index < -0.39 is 0 Å². The van der Waals surface area contributed by atoms with Gasteiger partial charge in [0, 0.05) is 11.6 Å². The largest absolute Gasteiger partial charge is 0.388 e. The second-order valence-corrected chi connectivity index (χ2v) is 9.72. The number of hydrogen-bond acceptors (Lipinski definition) is 3. The van der Waals surface area contributed by atoms with Gasteiger partial charge in [0.25, 0.3) is 0 Å². The Labute approximate surface area is 125 Å². The maximum Gasteiger partial charge on any atom is 0.0990 e. The van der Waals surface area contributed by atoms with E-state index in [0.717, 1.165) is 10.8 Å². The van der Waals surface area contributed by atoms with Crippen LogP contribution in [-0.4, -0.2) is 10.1 Å². The lowest BCUT2D eigenvalue weighted by molar-refractivity contribution is -0.110. The molecule has 3 unspecified atom stereocenters. The van der Waals surface area contributed by atoms with Crippen molar-refractivity contribution in [1.29, 1.82) is 0 Å². The molecular formula is C17H25NOS. The van der Waals surface area contributed by atoms with E-state index >= 15 is 0 Å². The topological polar surface area (TPSA) is 33.1 Å². The van der Waals surface area contributed by atoms with E-state index in [-0.39, 0.29) is 6.10 Å². The zero-order valence-electron chi connectivity index (χ0n) is 12.8. The van der Waals surface area contributed by atoms with Crippen LogP contribution >= 0.6 is 11.3 Å². The number of aromatic nitrogens is 1. The van der Waals surface area contributed by atoms with Crippen LogP contribution < -0.4 is 0 Å². The zero-order valence-corrected chi connectivity index (χ0v) is 13.6. The van der Waals surface area contributed by atoms with Crippen LogP contribution in [0.25, 0.3) is 0 Å². The van der Waals surface area contributed by atoms with Crippen molar-refractivity contribution in [3.8, 4) is 0 Å². The quantitative estimate of drug-likeness (QED) is 0.873. The van der Waals surface area contributed by atoms with Crippen LogP contribution in [-0.2, 0) is 5.41 Å². The number of aliphatic hydroxyl groups excluding tert-OH is 1. The molecule has 1 aromatic heterocycles. The Kier molecular flexibility index (Phi) is 2.56. The van der Waals surface area contributed by atoms with Gasteiger partial charge in [0.05, 0.1) is 16.0 Å². The highest BCUT2D eigenvalue weighted by Crippen LogP contribution is 2.70. The predicted molar refractivity (Wildman–Crippen MR) is 81.8 cm³/mol. The summed E-state index contributed by atoms with van der Waals surface area (Å²) in [6, 6.07) is 0. The fraction of sp³-hybridized carbons (Fsp3) is 0.824. The first-order chi connectivity index (χ1) is 9.32. The number of rotatable bonds is 2. The minimum absolute atomic E-state index is 0.320. The van der Waals surface area contributed by atoms with Crippen LogP contribution in [0.5, 0.6) is 0 Å². The van der Waals surface area contributed by atoms with Crippen LogP contribution in [0.15, 0.2) is 6.20 Å². The third-order valence-corrected chi connectivity index (χ3v) is 7.43. The number of hydrogen-bond donors (Lipinski definition) is 1. The van der Waals surface area contributed by atoms with Crippen molar-refractivity contribution in [3.63, 3.8) is 0 Å². The second kappa shape index (κ2) is 3.86. The van der Waals surface area contributed by atoms with E-state index in [4.69, 9.17) is 4.98 Å². The molecule has 0 amide bonds. The minimum atomic E-state index is -0.374. The Hall–Kier alpha value is -0.410. The molecule has 0 spiro atoms. The maximum absolute atomic E-state index is 9.79. The van der Waals surface area contributed by atoms with Crippen LogP contribution in [0.3, 0.4) is 0 Å². The Balaban J connectivity index is 1.76. The third-order valence-electron chi connectivity index (χ3n) is 6.02. The van der Waals surface area contributed by atoms with Crippen LogP contribution in [0, 0.1) is 16.7 Å². The SMILES string of the molecule is CC(O)c1cnc(C23CC4CC(C)(CC(C)(C4)C2)C3)s1. The summed E-state index contributed by atoms with van der Waals surface area (Å²) in [5.41, 5.74) is 1.39. The van der Waals surface area contributed by atoms with E-state index in [0.29, 0.717) is 16.2 Å². The molecule has 20 heavy (non-hydrogen) atoms. The lowest BCUT2D eigenvalue weighted by Gasteiger charge is -2.64. The Morgan fingerprint density at radius 1 is 1.20 bits per heavy atom. The normalized spacial score (nSPS) is 47.7. The van der Waals surface area contributed by atoms with Gasteiger partial charge in [-0.3, -0.25) is 0 Å². The first-order valence-electron chi connectivity index (χ1n) is 7.96. The molecule has 4 bridgehead atoms. The van der Waals surface area contributed by atoms with Gasteiger partial charge in [0.2, 0.25) is 0 Å². The summed E-state index contributed by atoms with van der Waals surface area (Å²) in [6.07, 6.45) is 9.78. The summed E-state index contributed by atoms with van der Waals surface area (Å²) in [4.78, 5) is 5.78. The van der Waals surface area contributed by atoms with Crippen LogP contribution in [0.4, 0.5) is 0 Å². The molecule has 1 N–H and O–H groups in total. The summed E-state index contributed by atoms with van der Waals surface area (Å²) in [5, 5.41) is 11.1. The van der Waals surface area contributed by atoms with E-state index in [1.807, 2.05) is 13.1 Å². The molecule has 4 aliphatic carbocycles. The van der Waals surface area contributed by atoms with Crippen LogP contribution in [0.1, 0.15) is 75.3 Å². The fourth-order valence-corrected chi connectivity index (χ4v) is 7.46. The summed E-state index contributed by atoms with van der Waals surface area (Å²) in [7, 11) is 0. The van der Waals surface area contributed by atoms with Crippen molar-refractivity contribution < 1.29 is 5.11 Å². The molecule has 2 nitrogen and oxygen atoms in total. The standard InChI is InChI=1S/C17H25NOS/c1-11(19)13-7-18-14(20-13)17-6-12-4-15(2,9-17)8-16(3,5-12)10-17/h7,11-12,19H,4-6,8-10H2,1-3H3. The Morgan fingerprint density at radius 2 is 1.85 bits per heavy atom. The summed E-state index contributed by atoms with van der Waals surface area (Å²) >= 11 is 1.77. The molecule has 4 saturated carbocycles. The lowest BCUT2D eigenvalue weighted by Crippen LogP contribution is -2.56. The molecule has 4 aliphatic rings. The smallest absolute Gasteiger partial charge is 0.0990 e. The Morgan fingerprint density at radius 3 is 2.35 bits per heavy atom. The van der Waals surface area contributed by atoms with Gasteiger partial charge in [-0.05, 0) is 62.2 Å². The highest BCUT2D eigenvalue weighted by atomic mass is 32.1. The molecule has 0 saturated heterocycles. The van der Waals surface area contributed by atoms with Gasteiger partial charge >= 0.3 is 0 Å². The molecule has 5 rings (SSSR count). The summed E-state index contributed by atoms with van der Waals surface area (Å²) in [5.74, 6) is 0.903. The Bertz CT molecular complexity index is 531. The predicted octanol–water partition coefficient (Wildman–Crippen LogP) is 4.44. The highest BCUT2D eigenvalue weighted by Gasteiger charge is 2.61. The summed E-state index contributed by atoms with van der Waals surface area (Å²) < 4.78 is 0. The first-order valence-corrected chi connectivity index (χ1v) is 8.78. The number of nitrogens with zero attached hydrogens (tertiary/aromatic N) is 1. The van der Waals surface area contributed by atoms with Crippen molar-refractivity contribution in [2.24, 2.45) is 16.7 Å². The molecule has 110 valence electrons. The van der Waals surface area contributed by atoms with E-state index in [2.05, 4.69) is 13.8 Å². The molecule has 1 aromatic rings. The van der Waals surface area contributed by atoms with Crippen molar-refractivity contribution in [3.05, 3.63) is 16.1 Å². The maximum atomic E-state index is 9.79. The molecule has 0 aromatic carbocycles. The monoisotopic (exact) mass is 291 g/mol. The van der Waals surface area contributed by atoms with Gasteiger partial charge < -0.3 is 5.11 Å². The molecule has 0 radical (unpaired) electrons.